The molecule has 0 unspecified atom stereocenters. The van der Waals surface area contributed by atoms with Crippen LogP contribution in [0.25, 0.3) is 0 Å². The maximum absolute atomic E-state index is 11.8. The van der Waals surface area contributed by atoms with Gasteiger partial charge in [-0.05, 0) is 27.1 Å². The Bertz CT molecular complexity index is 288. The second-order valence-electron chi connectivity index (χ2n) is 5.14. The van der Waals surface area contributed by atoms with Crippen molar-refractivity contribution in [2.75, 3.05) is 53.4 Å². The number of nitrogens with one attached hydrogen (secondary N) is 2. The first kappa shape index (κ1) is 15.9. The Morgan fingerprint density at radius 1 is 1.21 bits per heavy atom. The summed E-state index contributed by atoms with van der Waals surface area (Å²) in [4.78, 5) is 27.3. The van der Waals surface area contributed by atoms with E-state index in [-0.39, 0.29) is 11.8 Å². The van der Waals surface area contributed by atoms with Crippen LogP contribution in [0.4, 0.5) is 0 Å². The van der Waals surface area contributed by atoms with Crippen molar-refractivity contribution in [2.24, 2.45) is 0 Å². The molecule has 0 aromatic rings. The number of carbonyl (C=O) groups excluding carboxylic acids is 2. The summed E-state index contributed by atoms with van der Waals surface area (Å²) >= 11 is 0. The van der Waals surface area contributed by atoms with Crippen molar-refractivity contribution in [3.63, 3.8) is 0 Å². The number of nitrogens with zero attached hydrogens (tertiary/aromatic N) is 2. The fraction of sp³-hybridized carbons (Fsp3) is 0.846. The summed E-state index contributed by atoms with van der Waals surface area (Å²) in [5, 5.41) is 6.05. The third-order valence-corrected chi connectivity index (χ3v) is 3.14. The number of carbonyl (C=O) groups is 2. The zero-order chi connectivity index (χ0) is 14.1. The van der Waals surface area contributed by atoms with E-state index in [2.05, 4.69) is 15.5 Å². The van der Waals surface area contributed by atoms with Gasteiger partial charge in [0.15, 0.2) is 0 Å². The second kappa shape index (κ2) is 8.87. The molecule has 0 aliphatic carbocycles. The molecule has 1 rings (SSSR count). The van der Waals surface area contributed by atoms with E-state index in [4.69, 9.17) is 0 Å². The highest BCUT2D eigenvalue weighted by molar-refractivity contribution is 5.83. The molecule has 1 heterocycles. The van der Waals surface area contributed by atoms with E-state index >= 15 is 0 Å². The highest BCUT2D eigenvalue weighted by Gasteiger charge is 2.16. The molecule has 0 saturated carbocycles. The Balaban J connectivity index is 2.07. The predicted octanol–water partition coefficient (Wildman–Crippen LogP) is -0.734. The van der Waals surface area contributed by atoms with Gasteiger partial charge in [-0.1, -0.05) is 0 Å². The monoisotopic (exact) mass is 270 g/mol. The van der Waals surface area contributed by atoms with Crippen molar-refractivity contribution >= 4 is 11.8 Å². The lowest BCUT2D eigenvalue weighted by Gasteiger charge is -2.27. The van der Waals surface area contributed by atoms with Gasteiger partial charge in [0.25, 0.3) is 0 Å². The first-order valence-corrected chi connectivity index (χ1v) is 6.99. The third-order valence-electron chi connectivity index (χ3n) is 3.14. The second-order valence-corrected chi connectivity index (χ2v) is 5.14. The van der Waals surface area contributed by atoms with Gasteiger partial charge in [-0.25, -0.2) is 0 Å². The molecule has 0 aromatic heterocycles. The molecular weight excluding hydrogens is 244 g/mol. The van der Waals surface area contributed by atoms with Gasteiger partial charge in [0, 0.05) is 45.6 Å². The smallest absolute Gasteiger partial charge is 0.223 e. The average Bonchev–Trinajstić information content (AvgIpc) is 2.41. The van der Waals surface area contributed by atoms with Crippen LogP contribution in [-0.4, -0.2) is 75.0 Å². The Morgan fingerprint density at radius 3 is 2.53 bits per heavy atom. The zero-order valence-corrected chi connectivity index (χ0v) is 12.1. The number of hydrogen-bond acceptors (Lipinski definition) is 4. The van der Waals surface area contributed by atoms with Crippen LogP contribution >= 0.6 is 0 Å². The number of piperazine rings is 1. The Kier molecular flexibility index (Phi) is 7.43. The molecule has 0 spiro atoms. The molecule has 110 valence electrons. The van der Waals surface area contributed by atoms with Crippen molar-refractivity contribution in [3.05, 3.63) is 0 Å². The first-order chi connectivity index (χ1) is 9.09. The maximum Gasteiger partial charge on any atom is 0.223 e. The normalized spacial score (nSPS) is 15.6. The van der Waals surface area contributed by atoms with E-state index in [1.54, 1.807) is 0 Å². The summed E-state index contributed by atoms with van der Waals surface area (Å²) < 4.78 is 0. The van der Waals surface area contributed by atoms with Gasteiger partial charge in [-0.3, -0.25) is 9.59 Å². The molecule has 2 amide bonds. The van der Waals surface area contributed by atoms with Crippen LogP contribution in [-0.2, 0) is 9.59 Å². The van der Waals surface area contributed by atoms with E-state index in [1.165, 1.54) is 0 Å². The van der Waals surface area contributed by atoms with E-state index in [9.17, 15) is 9.59 Å². The summed E-state index contributed by atoms with van der Waals surface area (Å²) in [7, 11) is 4.02. The van der Waals surface area contributed by atoms with Crippen LogP contribution in [0.2, 0.25) is 0 Å². The van der Waals surface area contributed by atoms with Crippen LogP contribution in [0.15, 0.2) is 0 Å². The van der Waals surface area contributed by atoms with Gasteiger partial charge in [0.2, 0.25) is 11.8 Å². The number of hydrogen-bond donors (Lipinski definition) is 2. The predicted molar refractivity (Wildman–Crippen MR) is 74.9 cm³/mol. The van der Waals surface area contributed by atoms with Crippen LogP contribution in [0.3, 0.4) is 0 Å². The summed E-state index contributed by atoms with van der Waals surface area (Å²) in [5.41, 5.74) is 0. The highest BCUT2D eigenvalue weighted by atomic mass is 16.2. The van der Waals surface area contributed by atoms with E-state index < -0.39 is 0 Å². The Labute approximate surface area is 115 Å². The molecule has 1 aliphatic rings. The van der Waals surface area contributed by atoms with E-state index in [1.807, 2.05) is 19.0 Å². The standard InChI is InChI=1S/C13H26N4O2/c1-16(2)9-3-6-15-12(18)4-5-13(19)17-10-7-14-8-11-17/h14H,3-11H2,1-2H3,(H,15,18). The maximum atomic E-state index is 11.8. The minimum Gasteiger partial charge on any atom is -0.356 e. The van der Waals surface area contributed by atoms with E-state index in [0.29, 0.717) is 19.4 Å². The van der Waals surface area contributed by atoms with Gasteiger partial charge in [0.1, 0.15) is 0 Å². The topological polar surface area (TPSA) is 64.7 Å². The quantitative estimate of drug-likeness (QED) is 0.599. The average molecular weight is 270 g/mol. The minimum atomic E-state index is -0.0257. The fourth-order valence-corrected chi connectivity index (χ4v) is 2.00. The first-order valence-electron chi connectivity index (χ1n) is 6.99. The molecule has 0 aromatic carbocycles. The summed E-state index contributed by atoms with van der Waals surface area (Å²) in [6.07, 6.45) is 1.55. The van der Waals surface area contributed by atoms with Crippen LogP contribution in [0.1, 0.15) is 19.3 Å². The van der Waals surface area contributed by atoms with Crippen molar-refractivity contribution in [3.8, 4) is 0 Å². The molecule has 6 heteroatoms. The lowest BCUT2D eigenvalue weighted by Crippen LogP contribution is -2.46. The van der Waals surface area contributed by atoms with Gasteiger partial charge < -0.3 is 20.4 Å². The molecule has 0 bridgehead atoms. The molecule has 2 N–H and O–H groups in total. The van der Waals surface area contributed by atoms with Crippen molar-refractivity contribution in [2.45, 2.75) is 19.3 Å². The zero-order valence-electron chi connectivity index (χ0n) is 12.1. The number of amides is 2. The molecule has 0 atom stereocenters. The van der Waals surface area contributed by atoms with Crippen molar-refractivity contribution in [1.82, 2.24) is 20.4 Å². The summed E-state index contributed by atoms with van der Waals surface area (Å²) in [6, 6.07) is 0. The lowest BCUT2D eigenvalue weighted by molar-refractivity contribution is -0.134. The number of rotatable bonds is 7. The SMILES string of the molecule is CN(C)CCCNC(=O)CCC(=O)N1CCNCC1. The largest absolute Gasteiger partial charge is 0.356 e. The molecule has 1 fully saturated rings. The van der Waals surface area contributed by atoms with Gasteiger partial charge in [0.05, 0.1) is 0 Å². The van der Waals surface area contributed by atoms with Gasteiger partial charge in [-0.2, -0.15) is 0 Å². The lowest BCUT2D eigenvalue weighted by atomic mass is 10.2. The summed E-state index contributed by atoms with van der Waals surface area (Å²) in [5.74, 6) is 0.0622. The Hall–Kier alpha value is -1.14. The summed E-state index contributed by atoms with van der Waals surface area (Å²) in [6.45, 7) is 4.84. The minimum absolute atomic E-state index is 0.0257. The van der Waals surface area contributed by atoms with Gasteiger partial charge >= 0.3 is 0 Å². The van der Waals surface area contributed by atoms with Crippen LogP contribution in [0.5, 0.6) is 0 Å². The molecule has 0 radical (unpaired) electrons. The van der Waals surface area contributed by atoms with E-state index in [0.717, 1.165) is 39.1 Å². The molecule has 6 nitrogen and oxygen atoms in total. The van der Waals surface area contributed by atoms with Crippen LogP contribution in [0, 0.1) is 0 Å². The Morgan fingerprint density at radius 2 is 1.89 bits per heavy atom. The third kappa shape index (κ3) is 7.12. The molecule has 1 aliphatic heterocycles. The molecular formula is C13H26N4O2. The van der Waals surface area contributed by atoms with Crippen molar-refractivity contribution < 1.29 is 9.59 Å². The highest BCUT2D eigenvalue weighted by Crippen LogP contribution is 2.00. The molecule has 1 saturated heterocycles. The fourth-order valence-electron chi connectivity index (χ4n) is 2.00. The molecule has 19 heavy (non-hydrogen) atoms. The van der Waals surface area contributed by atoms with Gasteiger partial charge in [-0.15, -0.1) is 0 Å². The van der Waals surface area contributed by atoms with Crippen LogP contribution < -0.4 is 10.6 Å². The van der Waals surface area contributed by atoms with Crippen molar-refractivity contribution in [1.29, 1.82) is 0 Å².